The molecular weight excluding hydrogens is 356 g/mol. The van der Waals surface area contributed by atoms with Gasteiger partial charge >= 0.3 is 0 Å². The third-order valence-electron chi connectivity index (χ3n) is 3.38. The Bertz CT molecular complexity index is 866. The van der Waals surface area contributed by atoms with E-state index in [-0.39, 0.29) is 4.90 Å². The first kappa shape index (κ1) is 19.6. The molecule has 2 aromatic rings. The number of hydrazone groups is 1. The first-order valence-corrected chi connectivity index (χ1v) is 9.48. The van der Waals surface area contributed by atoms with Crippen LogP contribution in [0.3, 0.4) is 0 Å². The summed E-state index contributed by atoms with van der Waals surface area (Å²) in [5.41, 5.74) is 0.716. The molecule has 0 amide bonds. The highest BCUT2D eigenvalue weighted by Gasteiger charge is 2.16. The number of nitrogens with one attached hydrogen (secondary N) is 1. The second-order valence-corrected chi connectivity index (χ2v) is 6.95. The number of sulfonamides is 1. The Labute approximate surface area is 153 Å². The Morgan fingerprint density at radius 3 is 2.54 bits per heavy atom. The lowest BCUT2D eigenvalue weighted by molar-refractivity contribution is 0.317. The van der Waals surface area contributed by atoms with Crippen molar-refractivity contribution in [2.45, 2.75) is 18.2 Å². The van der Waals surface area contributed by atoms with Crippen molar-refractivity contribution in [1.29, 1.82) is 0 Å². The van der Waals surface area contributed by atoms with E-state index in [2.05, 4.69) is 9.93 Å². The Morgan fingerprint density at radius 2 is 1.85 bits per heavy atom. The van der Waals surface area contributed by atoms with Gasteiger partial charge in [-0.3, -0.25) is 0 Å². The molecule has 0 atom stereocenters. The molecule has 7 nitrogen and oxygen atoms in total. The van der Waals surface area contributed by atoms with Crippen molar-refractivity contribution in [2.24, 2.45) is 5.10 Å². The molecule has 1 N–H and O–H groups in total. The topological polar surface area (TPSA) is 86.2 Å². The Balaban J connectivity index is 2.11. The third-order valence-corrected chi connectivity index (χ3v) is 4.60. The maximum Gasteiger partial charge on any atom is 0.276 e. The molecule has 0 saturated carbocycles. The van der Waals surface area contributed by atoms with Gasteiger partial charge in [0.2, 0.25) is 0 Å². The van der Waals surface area contributed by atoms with E-state index in [1.54, 1.807) is 12.1 Å². The van der Waals surface area contributed by atoms with E-state index in [9.17, 15) is 8.42 Å². The minimum absolute atomic E-state index is 0.0207. The largest absolute Gasteiger partial charge is 0.494 e. The molecular formula is C18H22N2O5S. The molecule has 140 valence electrons. The van der Waals surface area contributed by atoms with E-state index in [0.29, 0.717) is 29.4 Å². The van der Waals surface area contributed by atoms with E-state index >= 15 is 0 Å². The highest BCUT2D eigenvalue weighted by Crippen LogP contribution is 2.29. The van der Waals surface area contributed by atoms with Crippen LogP contribution in [0.4, 0.5) is 0 Å². The molecule has 0 unspecified atom stereocenters. The molecule has 0 aliphatic carbocycles. The Morgan fingerprint density at radius 1 is 1.08 bits per heavy atom. The van der Waals surface area contributed by atoms with Crippen molar-refractivity contribution in [1.82, 2.24) is 4.83 Å². The maximum atomic E-state index is 12.4. The zero-order valence-electron chi connectivity index (χ0n) is 14.9. The van der Waals surface area contributed by atoms with Crippen LogP contribution in [-0.4, -0.2) is 35.5 Å². The summed E-state index contributed by atoms with van der Waals surface area (Å²) in [5.74, 6) is 1.47. The van der Waals surface area contributed by atoms with E-state index in [1.165, 1.54) is 38.6 Å². The van der Waals surface area contributed by atoms with Gasteiger partial charge in [0.25, 0.3) is 10.0 Å². The van der Waals surface area contributed by atoms with Gasteiger partial charge in [-0.05, 0) is 36.2 Å². The minimum atomic E-state index is -3.83. The summed E-state index contributed by atoms with van der Waals surface area (Å²) in [6.45, 7) is 2.64. The van der Waals surface area contributed by atoms with Crippen molar-refractivity contribution in [3.8, 4) is 17.2 Å². The summed E-state index contributed by atoms with van der Waals surface area (Å²) in [6, 6.07) is 11.5. The number of hydrogen-bond acceptors (Lipinski definition) is 6. The molecule has 0 aliphatic rings. The zero-order chi connectivity index (χ0) is 19.0. The van der Waals surface area contributed by atoms with Crippen LogP contribution >= 0.6 is 0 Å². The summed E-state index contributed by atoms with van der Waals surface area (Å²) in [5, 5.41) is 3.82. The standard InChI is InChI=1S/C18H22N2O5S/c1-4-10-25-15-7-5-6-14(11-15)13-19-20-26(21,22)16-8-9-17(23-2)18(12-16)24-3/h5-9,11-13,20H,4,10H2,1-3H3/b19-13+. The molecule has 26 heavy (non-hydrogen) atoms. The summed E-state index contributed by atoms with van der Waals surface area (Å²) in [4.78, 5) is 2.20. The Kier molecular flexibility index (Phi) is 6.85. The molecule has 2 aromatic carbocycles. The lowest BCUT2D eigenvalue weighted by atomic mass is 10.2. The van der Waals surface area contributed by atoms with Crippen molar-refractivity contribution in [3.63, 3.8) is 0 Å². The van der Waals surface area contributed by atoms with E-state index in [0.717, 1.165) is 6.42 Å². The van der Waals surface area contributed by atoms with E-state index in [4.69, 9.17) is 14.2 Å². The highest BCUT2D eigenvalue weighted by molar-refractivity contribution is 7.89. The predicted molar refractivity (Wildman–Crippen MR) is 99.7 cm³/mol. The van der Waals surface area contributed by atoms with Gasteiger partial charge in [0.15, 0.2) is 11.5 Å². The van der Waals surface area contributed by atoms with Gasteiger partial charge in [-0.15, -0.1) is 0 Å². The van der Waals surface area contributed by atoms with Crippen LogP contribution in [0.25, 0.3) is 0 Å². The molecule has 0 bridgehead atoms. The third kappa shape index (κ3) is 5.13. The molecule has 0 aromatic heterocycles. The number of hydrogen-bond donors (Lipinski definition) is 1. The fourth-order valence-electron chi connectivity index (χ4n) is 2.11. The van der Waals surface area contributed by atoms with Gasteiger partial charge < -0.3 is 14.2 Å². The monoisotopic (exact) mass is 378 g/mol. The van der Waals surface area contributed by atoms with Crippen LogP contribution in [0, 0.1) is 0 Å². The molecule has 0 aliphatic heterocycles. The van der Waals surface area contributed by atoms with Gasteiger partial charge in [-0.25, -0.2) is 4.83 Å². The van der Waals surface area contributed by atoms with Gasteiger partial charge in [-0.2, -0.15) is 13.5 Å². The van der Waals surface area contributed by atoms with Gasteiger partial charge in [0, 0.05) is 6.07 Å². The van der Waals surface area contributed by atoms with Crippen LogP contribution < -0.4 is 19.0 Å². The number of ether oxygens (including phenoxy) is 3. The van der Waals surface area contributed by atoms with Crippen LogP contribution in [-0.2, 0) is 10.0 Å². The first-order chi connectivity index (χ1) is 12.5. The van der Waals surface area contributed by atoms with Crippen molar-refractivity contribution in [3.05, 3.63) is 48.0 Å². The quantitative estimate of drug-likeness (QED) is 0.536. The van der Waals surface area contributed by atoms with Crippen LogP contribution in [0.2, 0.25) is 0 Å². The number of benzene rings is 2. The van der Waals surface area contributed by atoms with Crippen molar-refractivity contribution >= 4 is 16.2 Å². The predicted octanol–water partition coefficient (Wildman–Crippen LogP) is 2.81. The SMILES string of the molecule is CCCOc1cccc(/C=N/NS(=O)(=O)c2ccc(OC)c(OC)c2)c1. The Hall–Kier alpha value is -2.74. The van der Waals surface area contributed by atoms with Crippen LogP contribution in [0.15, 0.2) is 52.5 Å². The molecule has 8 heteroatoms. The molecule has 0 saturated heterocycles. The normalized spacial score (nSPS) is 11.3. The van der Waals surface area contributed by atoms with Gasteiger partial charge in [0.1, 0.15) is 5.75 Å². The minimum Gasteiger partial charge on any atom is -0.494 e. The highest BCUT2D eigenvalue weighted by atomic mass is 32.2. The number of methoxy groups -OCH3 is 2. The summed E-state index contributed by atoms with van der Waals surface area (Å²) < 4.78 is 40.5. The summed E-state index contributed by atoms with van der Waals surface area (Å²) >= 11 is 0. The van der Waals surface area contributed by atoms with Gasteiger partial charge in [0.05, 0.1) is 31.9 Å². The fraction of sp³-hybridized carbons (Fsp3) is 0.278. The second-order valence-electron chi connectivity index (χ2n) is 5.29. The van der Waals surface area contributed by atoms with Crippen LogP contribution in [0.5, 0.6) is 17.2 Å². The van der Waals surface area contributed by atoms with E-state index in [1.807, 2.05) is 19.1 Å². The summed E-state index contributed by atoms with van der Waals surface area (Å²) in [6.07, 6.45) is 2.32. The van der Waals surface area contributed by atoms with Crippen molar-refractivity contribution < 1.29 is 22.6 Å². The van der Waals surface area contributed by atoms with E-state index < -0.39 is 10.0 Å². The maximum absolute atomic E-state index is 12.4. The molecule has 2 rings (SSSR count). The fourth-order valence-corrected chi connectivity index (χ4v) is 2.92. The second kappa shape index (κ2) is 9.10. The van der Waals surface area contributed by atoms with Gasteiger partial charge in [-0.1, -0.05) is 19.1 Å². The zero-order valence-corrected chi connectivity index (χ0v) is 15.7. The molecule has 0 heterocycles. The first-order valence-electron chi connectivity index (χ1n) is 8.00. The lowest BCUT2D eigenvalue weighted by Crippen LogP contribution is -2.18. The average Bonchev–Trinajstić information content (AvgIpc) is 2.66. The molecule has 0 spiro atoms. The smallest absolute Gasteiger partial charge is 0.276 e. The average molecular weight is 378 g/mol. The summed E-state index contributed by atoms with van der Waals surface area (Å²) in [7, 11) is -0.910. The molecule has 0 radical (unpaired) electrons. The van der Waals surface area contributed by atoms with Crippen molar-refractivity contribution in [2.75, 3.05) is 20.8 Å². The number of rotatable bonds is 9. The van der Waals surface area contributed by atoms with Crippen LogP contribution in [0.1, 0.15) is 18.9 Å². The lowest BCUT2D eigenvalue weighted by Gasteiger charge is -2.09. The number of nitrogens with zero attached hydrogens (tertiary/aromatic N) is 1. The molecule has 0 fully saturated rings.